The minimum Gasteiger partial charge on any atom is -0.493 e. The third kappa shape index (κ3) is 5.76. The number of anilines is 1. The summed E-state index contributed by atoms with van der Waals surface area (Å²) in [6, 6.07) is 16.1. The lowest BCUT2D eigenvalue weighted by molar-refractivity contribution is -0.126. The number of methoxy groups -OCH3 is 1. The Morgan fingerprint density at radius 3 is 2.48 bits per heavy atom. The van der Waals surface area contributed by atoms with Gasteiger partial charge in [0.05, 0.1) is 13.7 Å². The van der Waals surface area contributed by atoms with Crippen LogP contribution >= 0.6 is 0 Å². The average molecular weight is 395 g/mol. The van der Waals surface area contributed by atoms with Crippen LogP contribution in [0.2, 0.25) is 0 Å². The van der Waals surface area contributed by atoms with E-state index in [9.17, 15) is 4.79 Å². The predicted molar refractivity (Wildman–Crippen MR) is 118 cm³/mol. The number of unbranched alkanes of at least 4 members (excludes halogenated alkanes) is 1. The molecular weight excluding hydrogens is 364 g/mol. The van der Waals surface area contributed by atoms with E-state index >= 15 is 0 Å². The lowest BCUT2D eigenvalue weighted by Gasteiger charge is -2.35. The number of para-hydroxylation sites is 1. The quantitative estimate of drug-likeness (QED) is 0.496. The molecule has 154 valence electrons. The normalized spacial score (nSPS) is 14.3. The Balaban J connectivity index is 1.55. The Morgan fingerprint density at radius 1 is 1.03 bits per heavy atom. The van der Waals surface area contributed by atoms with Crippen LogP contribution in [0.25, 0.3) is 6.08 Å². The molecule has 0 unspecified atom stereocenters. The average Bonchev–Trinajstić information content (AvgIpc) is 2.79. The molecular formula is C24H30N2O3. The first-order valence-electron chi connectivity index (χ1n) is 10.3. The van der Waals surface area contributed by atoms with E-state index in [0.717, 1.165) is 50.3 Å². The molecule has 5 nitrogen and oxygen atoms in total. The van der Waals surface area contributed by atoms with Crippen LogP contribution in [0, 0.1) is 0 Å². The molecule has 2 aromatic rings. The second-order valence-corrected chi connectivity index (χ2v) is 7.09. The van der Waals surface area contributed by atoms with Crippen LogP contribution in [-0.2, 0) is 4.79 Å². The summed E-state index contributed by atoms with van der Waals surface area (Å²) in [5.74, 6) is 1.47. The molecule has 0 aliphatic carbocycles. The van der Waals surface area contributed by atoms with Crippen molar-refractivity contribution in [3.05, 3.63) is 60.2 Å². The van der Waals surface area contributed by atoms with E-state index in [1.165, 1.54) is 5.69 Å². The standard InChI is InChI=1S/C24H30N2O3/c1-3-4-18-29-22-12-10-20(19-23(22)28-2)11-13-24(27)26-16-14-25(15-17-26)21-8-6-5-7-9-21/h5-13,19H,3-4,14-18H2,1-2H3/b13-11+. The molecule has 2 aromatic carbocycles. The van der Waals surface area contributed by atoms with E-state index < -0.39 is 0 Å². The summed E-state index contributed by atoms with van der Waals surface area (Å²) in [5, 5.41) is 0. The van der Waals surface area contributed by atoms with E-state index in [2.05, 4.69) is 24.0 Å². The van der Waals surface area contributed by atoms with Crippen molar-refractivity contribution < 1.29 is 14.3 Å². The van der Waals surface area contributed by atoms with Gasteiger partial charge in [-0.2, -0.15) is 0 Å². The van der Waals surface area contributed by atoms with Crippen LogP contribution in [0.1, 0.15) is 25.3 Å². The minimum absolute atomic E-state index is 0.0416. The molecule has 0 atom stereocenters. The first kappa shape index (κ1) is 20.8. The zero-order chi connectivity index (χ0) is 20.5. The Kier molecular flexibility index (Phi) is 7.56. The van der Waals surface area contributed by atoms with Gasteiger partial charge in [0, 0.05) is 37.9 Å². The highest BCUT2D eigenvalue weighted by atomic mass is 16.5. The maximum Gasteiger partial charge on any atom is 0.246 e. The first-order valence-corrected chi connectivity index (χ1v) is 10.3. The highest BCUT2D eigenvalue weighted by Crippen LogP contribution is 2.28. The number of piperazine rings is 1. The number of amides is 1. The van der Waals surface area contributed by atoms with Crippen molar-refractivity contribution >= 4 is 17.7 Å². The minimum atomic E-state index is 0.0416. The fourth-order valence-electron chi connectivity index (χ4n) is 3.33. The smallest absolute Gasteiger partial charge is 0.246 e. The van der Waals surface area contributed by atoms with Crippen molar-refractivity contribution in [3.8, 4) is 11.5 Å². The van der Waals surface area contributed by atoms with Gasteiger partial charge in [-0.15, -0.1) is 0 Å². The second-order valence-electron chi connectivity index (χ2n) is 7.09. The molecule has 3 rings (SSSR count). The molecule has 0 N–H and O–H groups in total. The molecule has 0 radical (unpaired) electrons. The molecule has 1 aliphatic heterocycles. The van der Waals surface area contributed by atoms with Crippen molar-refractivity contribution in [2.24, 2.45) is 0 Å². The van der Waals surface area contributed by atoms with Crippen molar-refractivity contribution in [2.75, 3.05) is 44.8 Å². The molecule has 1 saturated heterocycles. The second kappa shape index (κ2) is 10.6. The van der Waals surface area contributed by atoms with Gasteiger partial charge in [0.25, 0.3) is 0 Å². The van der Waals surface area contributed by atoms with Crippen LogP contribution in [-0.4, -0.2) is 50.7 Å². The molecule has 29 heavy (non-hydrogen) atoms. The summed E-state index contributed by atoms with van der Waals surface area (Å²) in [4.78, 5) is 16.8. The lowest BCUT2D eigenvalue weighted by atomic mass is 10.1. The topological polar surface area (TPSA) is 42.0 Å². The number of hydrogen-bond donors (Lipinski definition) is 0. The van der Waals surface area contributed by atoms with Crippen LogP contribution in [0.3, 0.4) is 0 Å². The molecule has 0 aromatic heterocycles. The fourth-order valence-corrected chi connectivity index (χ4v) is 3.33. The van der Waals surface area contributed by atoms with E-state index in [1.807, 2.05) is 47.4 Å². The molecule has 5 heteroatoms. The highest BCUT2D eigenvalue weighted by Gasteiger charge is 2.19. The van der Waals surface area contributed by atoms with Crippen molar-refractivity contribution in [3.63, 3.8) is 0 Å². The monoisotopic (exact) mass is 394 g/mol. The van der Waals surface area contributed by atoms with Gasteiger partial charge < -0.3 is 19.3 Å². The molecule has 0 bridgehead atoms. The number of benzene rings is 2. The van der Waals surface area contributed by atoms with Gasteiger partial charge in [0.1, 0.15) is 0 Å². The zero-order valence-electron chi connectivity index (χ0n) is 17.3. The van der Waals surface area contributed by atoms with E-state index in [4.69, 9.17) is 9.47 Å². The molecule has 1 heterocycles. The van der Waals surface area contributed by atoms with Gasteiger partial charge in [0.2, 0.25) is 5.91 Å². The number of rotatable bonds is 8. The first-order chi connectivity index (χ1) is 14.2. The summed E-state index contributed by atoms with van der Waals surface area (Å²) in [5.41, 5.74) is 2.13. The SMILES string of the molecule is CCCCOc1ccc(/C=C/C(=O)N2CCN(c3ccccc3)CC2)cc1OC. The van der Waals surface area contributed by atoms with E-state index in [-0.39, 0.29) is 5.91 Å². The van der Waals surface area contributed by atoms with Crippen molar-refractivity contribution in [1.82, 2.24) is 4.90 Å². The summed E-state index contributed by atoms with van der Waals surface area (Å²) in [6.07, 6.45) is 5.58. The molecule has 0 spiro atoms. The van der Waals surface area contributed by atoms with Gasteiger partial charge in [-0.3, -0.25) is 4.79 Å². The molecule has 1 amide bonds. The number of hydrogen-bond acceptors (Lipinski definition) is 4. The van der Waals surface area contributed by atoms with Gasteiger partial charge in [-0.05, 0) is 42.3 Å². The third-order valence-corrected chi connectivity index (χ3v) is 5.07. The summed E-state index contributed by atoms with van der Waals surface area (Å²) in [6.45, 7) is 5.96. The van der Waals surface area contributed by atoms with Gasteiger partial charge in [0.15, 0.2) is 11.5 Å². The van der Waals surface area contributed by atoms with Crippen LogP contribution in [0.5, 0.6) is 11.5 Å². The van der Waals surface area contributed by atoms with E-state index in [1.54, 1.807) is 13.2 Å². The number of ether oxygens (including phenoxy) is 2. The van der Waals surface area contributed by atoms with Gasteiger partial charge in [-0.25, -0.2) is 0 Å². The van der Waals surface area contributed by atoms with E-state index in [0.29, 0.717) is 12.4 Å². The van der Waals surface area contributed by atoms with Gasteiger partial charge in [-0.1, -0.05) is 37.6 Å². The Hall–Kier alpha value is -2.95. The lowest BCUT2D eigenvalue weighted by Crippen LogP contribution is -2.48. The molecule has 1 fully saturated rings. The maximum absolute atomic E-state index is 12.6. The number of carbonyl (C=O) groups excluding carboxylic acids is 1. The fraction of sp³-hybridized carbons (Fsp3) is 0.375. The summed E-state index contributed by atoms with van der Waals surface area (Å²) >= 11 is 0. The van der Waals surface area contributed by atoms with Gasteiger partial charge >= 0.3 is 0 Å². The van der Waals surface area contributed by atoms with Crippen LogP contribution in [0.15, 0.2) is 54.6 Å². The van der Waals surface area contributed by atoms with Crippen molar-refractivity contribution in [1.29, 1.82) is 0 Å². The van der Waals surface area contributed by atoms with Crippen LogP contribution in [0.4, 0.5) is 5.69 Å². The predicted octanol–water partition coefficient (Wildman–Crippen LogP) is 4.24. The van der Waals surface area contributed by atoms with Crippen molar-refractivity contribution in [2.45, 2.75) is 19.8 Å². The number of nitrogens with zero attached hydrogens (tertiary/aromatic N) is 2. The Labute approximate surface area is 173 Å². The summed E-state index contributed by atoms with van der Waals surface area (Å²) < 4.78 is 11.2. The highest BCUT2D eigenvalue weighted by molar-refractivity contribution is 5.92. The molecule has 0 saturated carbocycles. The maximum atomic E-state index is 12.6. The van der Waals surface area contributed by atoms with Crippen LogP contribution < -0.4 is 14.4 Å². The Morgan fingerprint density at radius 2 is 1.79 bits per heavy atom. The zero-order valence-corrected chi connectivity index (χ0v) is 17.3. The third-order valence-electron chi connectivity index (χ3n) is 5.07. The summed E-state index contributed by atoms with van der Waals surface area (Å²) in [7, 11) is 1.63. The largest absolute Gasteiger partial charge is 0.493 e. The Bertz CT molecular complexity index is 812. The number of carbonyl (C=O) groups is 1. The molecule has 1 aliphatic rings.